The number of nitrogens with two attached hydrogens (primary N) is 1. The molecule has 103 heavy (non-hydrogen) atoms. The first kappa shape index (κ1) is 95.9. The quantitative estimate of drug-likeness (QED) is 0.0196. The minimum absolute atomic E-state index is 0. The van der Waals surface area contributed by atoms with Crippen molar-refractivity contribution < 1.29 is 300 Å². The molecule has 46 heteroatoms. The maximum absolute atomic E-state index is 12.6. The second-order valence-electron chi connectivity index (χ2n) is 24.7. The number of unbranched alkanes of at least 4 members (excludes halogenated alkanes) is 2. The summed E-state index contributed by atoms with van der Waals surface area (Å²) in [6, 6.07) is -6.39. The summed E-state index contributed by atoms with van der Waals surface area (Å²) in [5.41, 5.74) is 5.52. The van der Waals surface area contributed by atoms with E-state index in [9.17, 15) is 106 Å². The van der Waals surface area contributed by atoms with Gasteiger partial charge in [0.25, 0.3) is 0 Å². The van der Waals surface area contributed by atoms with Crippen LogP contribution in [-0.4, -0.2) is 371 Å². The van der Waals surface area contributed by atoms with Gasteiger partial charge in [-0.1, -0.05) is 0 Å². The van der Waals surface area contributed by atoms with Gasteiger partial charge in [0.15, 0.2) is 50.3 Å². The molecule has 0 radical (unpaired) electrons. The Balaban J connectivity index is 0.00000562. The Labute approximate surface area is 678 Å². The number of rotatable bonds is 28. The first-order valence-corrected chi connectivity index (χ1v) is 31.9. The molecular weight excluding hydrogens is 1440 g/mol. The molecule has 572 valence electrons. The fraction of sp³-hybridized carbons (Fsp3) is 0.860. The van der Waals surface area contributed by atoms with Crippen LogP contribution in [0.3, 0.4) is 0 Å². The largest absolute Gasteiger partial charge is 1.00 e. The van der Waals surface area contributed by atoms with Crippen LogP contribution in [0.1, 0.15) is 47.0 Å². The van der Waals surface area contributed by atoms with Crippen molar-refractivity contribution in [1.29, 1.82) is 0 Å². The van der Waals surface area contributed by atoms with Crippen molar-refractivity contribution >= 4 is 23.6 Å². The van der Waals surface area contributed by atoms with E-state index in [1.54, 1.807) is 0 Å². The molecule has 8 aliphatic rings. The van der Waals surface area contributed by atoms with Crippen LogP contribution >= 0.6 is 0 Å². The predicted molar refractivity (Wildman–Crippen MR) is 311 cm³/mol. The average molecular weight is 1530 g/mol. The average Bonchev–Trinajstić information content (AvgIpc) is 0.789. The van der Waals surface area contributed by atoms with Gasteiger partial charge in [-0.15, -0.1) is 0 Å². The third-order valence-electron chi connectivity index (χ3n) is 17.3. The van der Waals surface area contributed by atoms with Crippen LogP contribution in [-0.2, 0) is 95.0 Å². The molecule has 0 aromatic carbocycles. The van der Waals surface area contributed by atoms with Gasteiger partial charge in [-0.2, -0.15) is 26.4 Å². The van der Waals surface area contributed by atoms with Crippen molar-refractivity contribution in [2.75, 3.05) is 39.6 Å². The first-order chi connectivity index (χ1) is 47.0. The smallest absolute Gasteiger partial charge is 0.525 e. The van der Waals surface area contributed by atoms with E-state index in [2.05, 4.69) is 21.3 Å². The molecule has 8 heterocycles. The second-order valence-corrected chi connectivity index (χ2v) is 24.7. The molecule has 0 aromatic heterocycles. The van der Waals surface area contributed by atoms with Gasteiger partial charge in [0.05, 0.1) is 50.8 Å². The van der Waals surface area contributed by atoms with Crippen LogP contribution in [0.15, 0.2) is 0 Å². The Morgan fingerprint density at radius 2 is 0.592 bits per heavy atom. The zero-order chi connectivity index (χ0) is 72.4. The molecule has 42 nitrogen and oxygen atoms in total. The summed E-state index contributed by atoms with van der Waals surface area (Å²) in [5.74, 6) is -3.03. The number of carbonyl (C=O) groups excluding carboxylic acids is 4. The molecular formula is C57H93N5Na4O37. The molecule has 4 amide bonds. The van der Waals surface area contributed by atoms with Crippen molar-refractivity contribution in [3.8, 4) is 0 Å². The molecule has 23 N–H and O–H groups in total. The monoisotopic (exact) mass is 1530 g/mol. The number of hydrogen-bond acceptors (Lipinski definition) is 38. The molecule has 8 saturated heterocycles. The first-order valence-electron chi connectivity index (χ1n) is 31.9. The second kappa shape index (κ2) is 44.8. The number of carbonyl (C=O) groups is 4. The molecule has 8 aliphatic heterocycles. The van der Waals surface area contributed by atoms with Crippen LogP contribution in [0.5, 0.6) is 0 Å². The van der Waals surface area contributed by atoms with Crippen LogP contribution in [0.2, 0.25) is 0 Å². The minimum atomic E-state index is -2.15. The van der Waals surface area contributed by atoms with E-state index >= 15 is 0 Å². The van der Waals surface area contributed by atoms with E-state index in [1.807, 2.05) is 0 Å². The number of ether oxygens (including phenoxy) is 16. The Bertz CT molecular complexity index is 2560. The summed E-state index contributed by atoms with van der Waals surface area (Å²) in [4.78, 5) is 49.6. The van der Waals surface area contributed by atoms with Crippen LogP contribution in [0.25, 0.3) is 0 Å². The summed E-state index contributed by atoms with van der Waals surface area (Å²) in [6.07, 6.45) is -55.0. The number of nitrogens with one attached hydrogen (secondary N) is 4. The third kappa shape index (κ3) is 24.1. The van der Waals surface area contributed by atoms with Gasteiger partial charge in [-0.25, -0.2) is 0 Å². The molecule has 0 aliphatic carbocycles. The van der Waals surface area contributed by atoms with Crippen molar-refractivity contribution in [2.45, 2.75) is 268 Å². The number of aliphatic hydroxyl groups excluding tert-OH is 17. The molecule has 0 bridgehead atoms. The molecule has 0 aromatic rings. The standard InChI is InChI=1S/C57H93N5O37.4Na/c1-18(67)59-30-39(76)34(71)22(10-63)89-50(30)93-27-15-86-55(44(81)36(27)73)97-48-24(12-65)91-52(32(41(48)78)61-20(3)69)95-29-17-88-57(46(83)38(29)75)99-49-25(13-66)92-53(33(42(49)79)62-21(4)70)96-28-16-87-56(45(82)37(28)74)98-47-23(11-64)90-51(31(40(47)77)60-19(2)68)94-26-14-85-54(43(80)35(26)72)84-9-7-5-6-8-58;;;;/h14-17,22-57,63-66,71-83H,5-13,58H2,1-4H3,(H,59,67)(H,60,68)(H,61,69)(H,62,70);;;;/q-4;4*+1/t22?,23?,24?,25?,26-,27-,28-,29-,30?,31?,32?,33?,34-,35+,36-,37-,38+,39-,40-,41-,42-,43?,44?,45?,46?,47-,48-,49-,50-,51-,52-,53-,54-,55+,56+,57+;;;;/m1..../s1. The molecule has 12 unspecified atom stereocenters. The number of amides is 4. The van der Waals surface area contributed by atoms with E-state index in [0.29, 0.717) is 13.0 Å². The fourth-order valence-corrected chi connectivity index (χ4v) is 12.1. The molecule has 36 atom stereocenters. The summed E-state index contributed by atoms with van der Waals surface area (Å²) in [5, 5.41) is 197. The van der Waals surface area contributed by atoms with Crippen molar-refractivity contribution in [1.82, 2.24) is 21.3 Å². The molecule has 8 fully saturated rings. The summed E-state index contributed by atoms with van der Waals surface area (Å²) >= 11 is 0. The summed E-state index contributed by atoms with van der Waals surface area (Å²) < 4.78 is 91.9. The van der Waals surface area contributed by atoms with Crippen molar-refractivity contribution in [3.63, 3.8) is 0 Å². The van der Waals surface area contributed by atoms with Crippen LogP contribution in [0.4, 0.5) is 0 Å². The maximum atomic E-state index is 12.6. The van der Waals surface area contributed by atoms with Gasteiger partial charge in [-0.3, -0.25) is 19.2 Å². The van der Waals surface area contributed by atoms with Gasteiger partial charge in [-0.05, 0) is 50.2 Å². The number of aliphatic hydroxyl groups is 17. The molecule has 0 saturated carbocycles. The third-order valence-corrected chi connectivity index (χ3v) is 17.3. The van der Waals surface area contributed by atoms with E-state index in [-0.39, 0.29) is 125 Å². The predicted octanol–water partition coefficient (Wildman–Crippen LogP) is -25.5. The van der Waals surface area contributed by atoms with Gasteiger partial charge in [0.1, 0.15) is 122 Å². The zero-order valence-electron chi connectivity index (χ0n) is 57.8. The van der Waals surface area contributed by atoms with Crippen LogP contribution < -0.4 is 145 Å². The SMILES string of the molecule is CC(=O)NC1[C@@H](O[C@@H]2[CH-]O[C@@H](O[C@@H]3C(CO)O[C@H](O[C@@H]4[CH-]O[C@@H](O[C@@H]5C(CO)O[C@H](O[C@@H]6[CH-]O[C@@H](O[C@@H]7C(CO)O[C@H](O[C@@H]8[CH-]O[C@@H](OCCCCCN)C(O)[C@H]8O)C(NC(C)=O)[C@H]7O)C(O)[C@@H]6O)C(NC(C)=O)[C@H]5O)C(O)[C@H]4O)C(NC(C)=O)[C@H]3O)C(O)[C@@H]2O)OC(CO)[C@@H](O)[C@@H]1O.[Na+].[Na+].[Na+].[Na+]. The summed E-state index contributed by atoms with van der Waals surface area (Å²) in [6.45, 7) is 4.60. The normalized spacial score (nSPS) is 44.3. The van der Waals surface area contributed by atoms with Crippen molar-refractivity contribution in [3.05, 3.63) is 26.4 Å². The molecule has 0 spiro atoms. The minimum Gasteiger partial charge on any atom is -0.525 e. The van der Waals surface area contributed by atoms with Crippen molar-refractivity contribution in [2.24, 2.45) is 5.73 Å². The van der Waals surface area contributed by atoms with Gasteiger partial charge >= 0.3 is 118 Å². The van der Waals surface area contributed by atoms with E-state index in [4.69, 9.17) is 81.5 Å². The van der Waals surface area contributed by atoms with Gasteiger partial charge < -0.3 is 190 Å². The maximum Gasteiger partial charge on any atom is 1.00 e. The Morgan fingerprint density at radius 1 is 0.330 bits per heavy atom. The number of hydrogen-bond donors (Lipinski definition) is 22. The molecule has 8 rings (SSSR count). The fourth-order valence-electron chi connectivity index (χ4n) is 12.1. The van der Waals surface area contributed by atoms with Gasteiger partial charge in [0, 0.05) is 34.3 Å². The zero-order valence-corrected chi connectivity index (χ0v) is 65.8. The Hall–Kier alpha value is 0.520. The topological polar surface area (TPSA) is 634 Å². The Kier molecular flexibility index (Phi) is 41.7. The van der Waals surface area contributed by atoms with E-state index < -0.39 is 271 Å². The summed E-state index contributed by atoms with van der Waals surface area (Å²) in [7, 11) is 0. The Morgan fingerprint density at radius 3 is 0.864 bits per heavy atom. The van der Waals surface area contributed by atoms with Crippen LogP contribution in [0, 0.1) is 26.4 Å². The van der Waals surface area contributed by atoms with E-state index in [1.165, 1.54) is 0 Å². The van der Waals surface area contributed by atoms with Gasteiger partial charge in [0.2, 0.25) is 23.6 Å². The van der Waals surface area contributed by atoms with E-state index in [0.717, 1.165) is 67.0 Å².